The van der Waals surface area contributed by atoms with E-state index in [-0.39, 0.29) is 5.91 Å². The van der Waals surface area contributed by atoms with Gasteiger partial charge in [-0.25, -0.2) is 0 Å². The summed E-state index contributed by atoms with van der Waals surface area (Å²) in [5.74, 6) is 0.888. The minimum atomic E-state index is 0.203. The minimum absolute atomic E-state index is 0.203. The number of carbonyl (C=O) groups is 1. The molecule has 1 saturated heterocycles. The number of pyridine rings is 1. The minimum Gasteiger partial charge on any atom is -0.372 e. The monoisotopic (exact) mass is 338 g/mol. The number of benzene rings is 1. The Morgan fingerprint density at radius 2 is 1.56 bits per heavy atom. The van der Waals surface area contributed by atoms with Crippen molar-refractivity contribution in [1.82, 2.24) is 9.88 Å². The highest BCUT2D eigenvalue weighted by Crippen LogP contribution is 2.22. The number of amides is 1. The van der Waals surface area contributed by atoms with Crippen LogP contribution in [-0.2, 0) is 29.2 Å². The lowest BCUT2D eigenvalue weighted by Gasteiger charge is -2.31. The van der Waals surface area contributed by atoms with Crippen LogP contribution in [0.4, 0.5) is 0 Å². The smallest absolute Gasteiger partial charge is 0.219 e. The number of likely N-dealkylation sites (tertiary alicyclic amines) is 1. The van der Waals surface area contributed by atoms with Crippen LogP contribution in [0.15, 0.2) is 48.8 Å². The van der Waals surface area contributed by atoms with E-state index in [0.29, 0.717) is 19.1 Å². The van der Waals surface area contributed by atoms with E-state index in [9.17, 15) is 4.79 Å². The van der Waals surface area contributed by atoms with Gasteiger partial charge >= 0.3 is 0 Å². The van der Waals surface area contributed by atoms with Gasteiger partial charge in [-0.1, -0.05) is 24.3 Å². The number of rotatable bonds is 6. The normalized spacial score (nSPS) is 15.3. The SMILES string of the molecule is CC(=O)N1CCC(Cc2ccc(COCc3ccncc3)cc2)CC1. The summed E-state index contributed by atoms with van der Waals surface area (Å²) in [4.78, 5) is 17.4. The van der Waals surface area contributed by atoms with E-state index in [1.54, 1.807) is 19.3 Å². The summed E-state index contributed by atoms with van der Waals surface area (Å²) in [5.41, 5.74) is 3.71. The maximum Gasteiger partial charge on any atom is 0.219 e. The van der Waals surface area contributed by atoms with Gasteiger partial charge in [-0.3, -0.25) is 9.78 Å². The first kappa shape index (κ1) is 17.6. The van der Waals surface area contributed by atoms with Gasteiger partial charge in [0.2, 0.25) is 5.91 Å². The molecule has 1 amide bonds. The lowest BCUT2D eigenvalue weighted by Crippen LogP contribution is -2.37. The van der Waals surface area contributed by atoms with E-state index in [1.165, 1.54) is 11.1 Å². The van der Waals surface area contributed by atoms with Crippen LogP contribution in [0.5, 0.6) is 0 Å². The highest BCUT2D eigenvalue weighted by molar-refractivity contribution is 5.73. The Kier molecular flexibility index (Phi) is 6.18. The Hall–Kier alpha value is -2.20. The number of aromatic nitrogens is 1. The largest absolute Gasteiger partial charge is 0.372 e. The lowest BCUT2D eigenvalue weighted by molar-refractivity contribution is -0.130. The predicted molar refractivity (Wildman–Crippen MR) is 97.9 cm³/mol. The Morgan fingerprint density at radius 1 is 1.00 bits per heavy atom. The molecule has 0 atom stereocenters. The maximum atomic E-state index is 11.4. The third-order valence-electron chi connectivity index (χ3n) is 4.89. The Morgan fingerprint density at radius 3 is 2.16 bits per heavy atom. The molecule has 1 aromatic heterocycles. The number of hydrogen-bond acceptors (Lipinski definition) is 3. The lowest BCUT2D eigenvalue weighted by atomic mass is 9.90. The first-order valence-corrected chi connectivity index (χ1v) is 9.00. The fourth-order valence-electron chi connectivity index (χ4n) is 3.32. The van der Waals surface area contributed by atoms with Crippen molar-refractivity contribution in [1.29, 1.82) is 0 Å². The van der Waals surface area contributed by atoms with Crippen LogP contribution in [0.3, 0.4) is 0 Å². The average molecular weight is 338 g/mol. The molecule has 4 heteroatoms. The van der Waals surface area contributed by atoms with Gasteiger partial charge in [0, 0.05) is 32.4 Å². The molecule has 132 valence electrons. The topological polar surface area (TPSA) is 42.4 Å². The molecule has 1 aliphatic heterocycles. The van der Waals surface area contributed by atoms with Crippen molar-refractivity contribution in [2.24, 2.45) is 5.92 Å². The molecule has 3 rings (SSSR count). The quantitative estimate of drug-likeness (QED) is 0.808. The second-order valence-electron chi connectivity index (χ2n) is 6.82. The summed E-state index contributed by atoms with van der Waals surface area (Å²) in [6, 6.07) is 12.7. The summed E-state index contributed by atoms with van der Waals surface area (Å²) in [6.07, 6.45) is 6.89. The van der Waals surface area contributed by atoms with E-state index in [2.05, 4.69) is 29.2 Å². The fraction of sp³-hybridized carbons (Fsp3) is 0.429. The molecule has 2 aromatic rings. The Balaban J connectivity index is 1.42. The molecule has 25 heavy (non-hydrogen) atoms. The highest BCUT2D eigenvalue weighted by atomic mass is 16.5. The van der Waals surface area contributed by atoms with Crippen LogP contribution in [0, 0.1) is 5.92 Å². The van der Waals surface area contributed by atoms with E-state index in [4.69, 9.17) is 4.74 Å². The van der Waals surface area contributed by atoms with E-state index in [1.807, 2.05) is 17.0 Å². The molecule has 0 bridgehead atoms. The number of ether oxygens (including phenoxy) is 1. The molecule has 0 saturated carbocycles. The van der Waals surface area contributed by atoms with Crippen LogP contribution in [0.25, 0.3) is 0 Å². The van der Waals surface area contributed by atoms with Crippen molar-refractivity contribution in [2.75, 3.05) is 13.1 Å². The van der Waals surface area contributed by atoms with Gasteiger partial charge in [0.15, 0.2) is 0 Å². The van der Waals surface area contributed by atoms with Gasteiger partial charge in [0.1, 0.15) is 0 Å². The number of carbonyl (C=O) groups excluding carboxylic acids is 1. The van der Waals surface area contributed by atoms with Crippen molar-refractivity contribution >= 4 is 5.91 Å². The molecule has 0 spiro atoms. The van der Waals surface area contributed by atoms with Crippen molar-refractivity contribution < 1.29 is 9.53 Å². The second kappa shape index (κ2) is 8.77. The highest BCUT2D eigenvalue weighted by Gasteiger charge is 2.20. The Labute approximate surface area is 149 Å². The molecule has 0 N–H and O–H groups in total. The van der Waals surface area contributed by atoms with Crippen LogP contribution in [0.1, 0.15) is 36.5 Å². The van der Waals surface area contributed by atoms with Crippen LogP contribution in [0.2, 0.25) is 0 Å². The zero-order valence-electron chi connectivity index (χ0n) is 14.9. The summed E-state index contributed by atoms with van der Waals surface area (Å²) < 4.78 is 5.76. The zero-order valence-corrected chi connectivity index (χ0v) is 14.9. The third-order valence-corrected chi connectivity index (χ3v) is 4.89. The van der Waals surface area contributed by atoms with Crippen LogP contribution >= 0.6 is 0 Å². The third kappa shape index (κ3) is 5.40. The van der Waals surface area contributed by atoms with Gasteiger partial charge < -0.3 is 9.64 Å². The van der Waals surface area contributed by atoms with Gasteiger partial charge in [0.05, 0.1) is 13.2 Å². The van der Waals surface area contributed by atoms with Crippen molar-refractivity contribution in [3.63, 3.8) is 0 Å². The van der Waals surface area contributed by atoms with Gasteiger partial charge in [-0.2, -0.15) is 0 Å². The fourth-order valence-corrected chi connectivity index (χ4v) is 3.32. The molecule has 2 heterocycles. The standard InChI is InChI=1S/C21H26N2O2/c1-17(24)23-12-8-19(9-13-23)14-18-2-4-20(5-3-18)15-25-16-21-6-10-22-11-7-21/h2-7,10-11,19H,8-9,12-16H2,1H3. The summed E-state index contributed by atoms with van der Waals surface area (Å²) in [6.45, 7) is 4.70. The first-order chi connectivity index (χ1) is 12.2. The van der Waals surface area contributed by atoms with E-state index < -0.39 is 0 Å². The molecular weight excluding hydrogens is 312 g/mol. The average Bonchev–Trinajstić information content (AvgIpc) is 2.64. The molecule has 0 radical (unpaired) electrons. The summed E-state index contributed by atoms with van der Waals surface area (Å²) in [7, 11) is 0. The van der Waals surface area contributed by atoms with Gasteiger partial charge in [0.25, 0.3) is 0 Å². The number of nitrogens with zero attached hydrogens (tertiary/aromatic N) is 2. The summed E-state index contributed by atoms with van der Waals surface area (Å²) in [5, 5.41) is 0. The maximum absolute atomic E-state index is 11.4. The number of piperidine rings is 1. The molecule has 0 aliphatic carbocycles. The summed E-state index contributed by atoms with van der Waals surface area (Å²) >= 11 is 0. The zero-order chi connectivity index (χ0) is 17.5. The van der Waals surface area contributed by atoms with Crippen molar-refractivity contribution in [3.05, 3.63) is 65.5 Å². The van der Waals surface area contributed by atoms with Crippen LogP contribution < -0.4 is 0 Å². The molecule has 1 aliphatic rings. The Bertz CT molecular complexity index is 662. The van der Waals surface area contributed by atoms with Crippen LogP contribution in [-0.4, -0.2) is 28.9 Å². The first-order valence-electron chi connectivity index (χ1n) is 9.00. The molecule has 1 fully saturated rings. The molecule has 1 aromatic carbocycles. The van der Waals surface area contributed by atoms with Crippen molar-refractivity contribution in [3.8, 4) is 0 Å². The van der Waals surface area contributed by atoms with Gasteiger partial charge in [-0.05, 0) is 54.0 Å². The number of hydrogen-bond donors (Lipinski definition) is 0. The molecule has 4 nitrogen and oxygen atoms in total. The van der Waals surface area contributed by atoms with Gasteiger partial charge in [-0.15, -0.1) is 0 Å². The van der Waals surface area contributed by atoms with Crippen molar-refractivity contribution in [2.45, 2.75) is 39.4 Å². The second-order valence-corrected chi connectivity index (χ2v) is 6.82. The predicted octanol–water partition coefficient (Wildman–Crippen LogP) is 3.60. The van der Waals surface area contributed by atoms with E-state index in [0.717, 1.165) is 37.9 Å². The molecular formula is C21H26N2O2. The van der Waals surface area contributed by atoms with E-state index >= 15 is 0 Å². The molecule has 0 unspecified atom stereocenters.